The third kappa shape index (κ3) is 3.17. The van der Waals surface area contributed by atoms with Gasteiger partial charge in [0.15, 0.2) is 17.6 Å². The number of aryl methyl sites for hydroxylation is 2. The van der Waals surface area contributed by atoms with Crippen LogP contribution in [0.15, 0.2) is 42.5 Å². The van der Waals surface area contributed by atoms with Crippen molar-refractivity contribution in [2.75, 3.05) is 6.61 Å². The summed E-state index contributed by atoms with van der Waals surface area (Å²) in [5.74, 6) is 0.295. The maximum Gasteiger partial charge on any atom is 0.351 e. The molecule has 2 aliphatic rings. The molecule has 0 radical (unpaired) electrons. The van der Waals surface area contributed by atoms with Gasteiger partial charge in [0.25, 0.3) is 0 Å². The molecule has 26 heavy (non-hydrogen) atoms. The van der Waals surface area contributed by atoms with Crippen molar-refractivity contribution >= 4 is 11.8 Å². The Hall–Kier alpha value is -2.82. The zero-order valence-electron chi connectivity index (χ0n) is 14.6. The van der Waals surface area contributed by atoms with Crippen LogP contribution in [-0.2, 0) is 22.4 Å². The molecule has 0 amide bonds. The Kier molecular flexibility index (Phi) is 4.37. The van der Waals surface area contributed by atoms with Crippen LogP contribution in [-0.4, -0.2) is 30.6 Å². The molecule has 5 heteroatoms. The minimum Gasteiger partial charge on any atom is -0.485 e. The van der Waals surface area contributed by atoms with Gasteiger partial charge in [0.2, 0.25) is 11.9 Å². The number of ketones is 1. The summed E-state index contributed by atoms with van der Waals surface area (Å²) >= 11 is 0. The number of para-hydroxylation sites is 2. The van der Waals surface area contributed by atoms with E-state index in [2.05, 4.69) is 0 Å². The van der Waals surface area contributed by atoms with Crippen molar-refractivity contribution in [3.05, 3.63) is 59.2 Å². The Balaban J connectivity index is 1.40. The monoisotopic (exact) mass is 352 g/mol. The van der Waals surface area contributed by atoms with Gasteiger partial charge in [0.05, 0.1) is 0 Å². The van der Waals surface area contributed by atoms with Gasteiger partial charge >= 0.3 is 5.97 Å². The number of esters is 1. The van der Waals surface area contributed by atoms with Crippen LogP contribution in [0.4, 0.5) is 0 Å². The second-order valence-corrected chi connectivity index (χ2v) is 6.64. The van der Waals surface area contributed by atoms with Crippen molar-refractivity contribution in [3.8, 4) is 11.5 Å². The largest absolute Gasteiger partial charge is 0.485 e. The van der Waals surface area contributed by atoms with Crippen molar-refractivity contribution in [2.45, 2.75) is 38.4 Å². The molecule has 0 bridgehead atoms. The second-order valence-electron chi connectivity index (χ2n) is 6.64. The molecule has 0 spiro atoms. The summed E-state index contributed by atoms with van der Waals surface area (Å²) in [6.07, 6.45) is 1.44. The van der Waals surface area contributed by atoms with Crippen molar-refractivity contribution in [1.29, 1.82) is 0 Å². The lowest BCUT2D eigenvalue weighted by Crippen LogP contribution is -2.40. The predicted octanol–water partition coefficient (Wildman–Crippen LogP) is 3.13. The number of fused-ring (bicyclic) bond motifs is 2. The van der Waals surface area contributed by atoms with Crippen molar-refractivity contribution < 1.29 is 23.8 Å². The molecule has 2 aromatic carbocycles. The first-order valence-corrected chi connectivity index (χ1v) is 8.87. The highest BCUT2D eigenvalue weighted by atomic mass is 16.6. The summed E-state index contributed by atoms with van der Waals surface area (Å²) in [6, 6.07) is 12.9. The molecule has 5 nitrogen and oxygen atoms in total. The van der Waals surface area contributed by atoms with Crippen molar-refractivity contribution in [1.82, 2.24) is 0 Å². The molecule has 1 aliphatic carbocycles. The Morgan fingerprint density at radius 3 is 2.69 bits per heavy atom. The van der Waals surface area contributed by atoms with Gasteiger partial charge in [-0.1, -0.05) is 24.3 Å². The van der Waals surface area contributed by atoms with Gasteiger partial charge in [0, 0.05) is 5.56 Å². The molecule has 0 N–H and O–H groups in total. The minimum atomic E-state index is -0.875. The summed E-state index contributed by atoms with van der Waals surface area (Å²) in [5, 5.41) is 0. The van der Waals surface area contributed by atoms with Crippen molar-refractivity contribution in [3.63, 3.8) is 0 Å². The van der Waals surface area contributed by atoms with Crippen LogP contribution in [0, 0.1) is 0 Å². The SMILES string of the molecule is C[C@H](OC(=O)[C@H]1COc2ccccc2O1)C(=O)c1ccc2c(c1)CCC2. The molecule has 1 heterocycles. The Morgan fingerprint density at radius 1 is 1.08 bits per heavy atom. The number of carbonyl (C=O) groups is 2. The number of Topliss-reactive ketones (excluding diaryl/α,β-unsaturated/α-hetero) is 1. The van der Waals surface area contributed by atoms with Crippen LogP contribution in [0.3, 0.4) is 0 Å². The summed E-state index contributed by atoms with van der Waals surface area (Å²) in [4.78, 5) is 25.0. The van der Waals surface area contributed by atoms with Gasteiger partial charge in [-0.3, -0.25) is 4.79 Å². The van der Waals surface area contributed by atoms with Gasteiger partial charge in [-0.25, -0.2) is 4.79 Å². The zero-order valence-corrected chi connectivity index (χ0v) is 14.6. The molecule has 1 aliphatic heterocycles. The zero-order chi connectivity index (χ0) is 18.1. The first kappa shape index (κ1) is 16.6. The third-order valence-corrected chi connectivity index (χ3v) is 4.82. The summed E-state index contributed by atoms with van der Waals surface area (Å²) < 4.78 is 16.5. The fraction of sp³-hybridized carbons (Fsp3) is 0.333. The third-order valence-electron chi connectivity index (χ3n) is 4.82. The molecular formula is C21H20O5. The molecule has 0 aromatic heterocycles. The number of hydrogen-bond donors (Lipinski definition) is 0. The number of hydrogen-bond acceptors (Lipinski definition) is 5. The minimum absolute atomic E-state index is 0.0651. The average molecular weight is 352 g/mol. The predicted molar refractivity (Wildman–Crippen MR) is 94.7 cm³/mol. The molecule has 2 aromatic rings. The fourth-order valence-electron chi connectivity index (χ4n) is 3.40. The van der Waals surface area contributed by atoms with Crippen LogP contribution in [0.5, 0.6) is 11.5 Å². The van der Waals surface area contributed by atoms with Gasteiger partial charge in [-0.05, 0) is 55.5 Å². The lowest BCUT2D eigenvalue weighted by atomic mass is 10.0. The van der Waals surface area contributed by atoms with E-state index >= 15 is 0 Å². The van der Waals surface area contributed by atoms with Crippen LogP contribution in [0.2, 0.25) is 0 Å². The van der Waals surface area contributed by atoms with Crippen LogP contribution in [0.1, 0.15) is 34.8 Å². The van der Waals surface area contributed by atoms with Crippen LogP contribution >= 0.6 is 0 Å². The molecule has 0 saturated carbocycles. The standard InChI is InChI=1S/C21H20O5/c1-13(20(22)16-10-9-14-5-4-6-15(14)11-16)25-21(23)19-12-24-17-7-2-3-8-18(17)26-19/h2-3,7-11,13,19H,4-6,12H2,1H3/t13-,19+/m0/s1. The number of carbonyl (C=O) groups excluding carboxylic acids is 2. The average Bonchev–Trinajstić information content (AvgIpc) is 3.14. The highest BCUT2D eigenvalue weighted by Crippen LogP contribution is 2.31. The van der Waals surface area contributed by atoms with Gasteiger partial charge in [0.1, 0.15) is 6.61 Å². The number of benzene rings is 2. The summed E-state index contributed by atoms with van der Waals surface area (Å²) in [6.45, 7) is 1.65. The molecule has 0 fully saturated rings. The topological polar surface area (TPSA) is 61.8 Å². The summed E-state index contributed by atoms with van der Waals surface area (Å²) in [7, 11) is 0. The van der Waals surface area contributed by atoms with Gasteiger partial charge < -0.3 is 14.2 Å². The molecule has 4 rings (SSSR count). The van der Waals surface area contributed by atoms with E-state index < -0.39 is 18.2 Å². The molecule has 0 unspecified atom stereocenters. The van der Waals surface area contributed by atoms with E-state index in [4.69, 9.17) is 14.2 Å². The smallest absolute Gasteiger partial charge is 0.351 e. The maximum absolute atomic E-state index is 12.6. The first-order chi connectivity index (χ1) is 12.6. The second kappa shape index (κ2) is 6.83. The first-order valence-electron chi connectivity index (χ1n) is 8.87. The van der Waals surface area contributed by atoms with Gasteiger partial charge in [-0.2, -0.15) is 0 Å². The number of rotatable bonds is 4. The normalized spacial score (nSPS) is 18.7. The Bertz CT molecular complexity index is 857. The quantitative estimate of drug-likeness (QED) is 0.625. The fourth-order valence-corrected chi connectivity index (χ4v) is 3.40. The van der Waals surface area contributed by atoms with E-state index in [1.807, 2.05) is 24.3 Å². The molecule has 134 valence electrons. The van der Waals surface area contributed by atoms with Crippen LogP contribution in [0.25, 0.3) is 0 Å². The van der Waals surface area contributed by atoms with Crippen LogP contribution < -0.4 is 9.47 Å². The Labute approximate surface area is 151 Å². The maximum atomic E-state index is 12.6. The van der Waals surface area contributed by atoms with E-state index in [-0.39, 0.29) is 12.4 Å². The molecular weight excluding hydrogens is 332 g/mol. The highest BCUT2D eigenvalue weighted by molar-refractivity contribution is 6.00. The van der Waals surface area contributed by atoms with E-state index in [9.17, 15) is 9.59 Å². The highest BCUT2D eigenvalue weighted by Gasteiger charge is 2.31. The van der Waals surface area contributed by atoms with Gasteiger partial charge in [-0.15, -0.1) is 0 Å². The van der Waals surface area contributed by atoms with E-state index in [0.29, 0.717) is 17.1 Å². The molecule has 0 saturated heterocycles. The number of ether oxygens (including phenoxy) is 3. The lowest BCUT2D eigenvalue weighted by molar-refractivity contribution is -0.157. The summed E-state index contributed by atoms with van der Waals surface area (Å²) in [5.41, 5.74) is 3.10. The van der Waals surface area contributed by atoms with E-state index in [1.54, 1.807) is 25.1 Å². The Morgan fingerprint density at radius 2 is 1.85 bits per heavy atom. The van der Waals surface area contributed by atoms with E-state index in [1.165, 1.54) is 11.1 Å². The van der Waals surface area contributed by atoms with Crippen molar-refractivity contribution in [2.24, 2.45) is 0 Å². The lowest BCUT2D eigenvalue weighted by Gasteiger charge is -2.25. The molecule has 2 atom stereocenters. The van der Waals surface area contributed by atoms with E-state index in [0.717, 1.165) is 19.3 Å².